The Kier molecular flexibility index (Phi) is 9.86. The summed E-state index contributed by atoms with van der Waals surface area (Å²) in [5, 5.41) is 10.2. The molecule has 1 aliphatic heterocycles. The van der Waals surface area contributed by atoms with Crippen LogP contribution in [0.1, 0.15) is 16.7 Å². The second kappa shape index (κ2) is 13.5. The molecule has 1 heterocycles. The van der Waals surface area contributed by atoms with E-state index in [4.69, 9.17) is 28.4 Å². The molecular weight excluding hydrogens is 460 g/mol. The first-order valence-corrected chi connectivity index (χ1v) is 12.1. The van der Waals surface area contributed by atoms with Crippen molar-refractivity contribution in [1.29, 1.82) is 0 Å². The van der Waals surface area contributed by atoms with Crippen LogP contribution in [0.4, 0.5) is 0 Å². The Bertz CT molecular complexity index is 1010. The van der Waals surface area contributed by atoms with E-state index in [0.29, 0.717) is 19.8 Å². The van der Waals surface area contributed by atoms with Crippen molar-refractivity contribution < 1.29 is 33.5 Å². The number of methoxy groups -OCH3 is 2. The van der Waals surface area contributed by atoms with Gasteiger partial charge in [-0.15, -0.1) is 0 Å². The largest absolute Gasteiger partial charge is 0.497 e. The number of aliphatic hydroxyl groups is 1. The first kappa shape index (κ1) is 26.3. The van der Waals surface area contributed by atoms with Crippen molar-refractivity contribution in [1.82, 2.24) is 0 Å². The first-order chi connectivity index (χ1) is 17.7. The fraction of sp³-hybridized carbons (Fsp3) is 0.379. The molecule has 3 aromatic rings. The van der Waals surface area contributed by atoms with E-state index in [2.05, 4.69) is 0 Å². The highest BCUT2D eigenvalue weighted by atomic mass is 16.7. The minimum Gasteiger partial charge on any atom is -0.497 e. The molecule has 0 spiro atoms. The van der Waals surface area contributed by atoms with E-state index >= 15 is 0 Å². The van der Waals surface area contributed by atoms with Gasteiger partial charge in [0.1, 0.15) is 30.2 Å². The maximum Gasteiger partial charge on any atom is 0.186 e. The fourth-order valence-electron chi connectivity index (χ4n) is 4.23. The number of ether oxygens (including phenoxy) is 6. The number of benzene rings is 3. The Morgan fingerprint density at radius 3 is 1.64 bits per heavy atom. The van der Waals surface area contributed by atoms with Crippen LogP contribution in [0.25, 0.3) is 0 Å². The van der Waals surface area contributed by atoms with Gasteiger partial charge in [0.25, 0.3) is 0 Å². The Morgan fingerprint density at radius 2 is 1.14 bits per heavy atom. The molecule has 7 nitrogen and oxygen atoms in total. The molecule has 0 unspecified atom stereocenters. The molecule has 0 bridgehead atoms. The van der Waals surface area contributed by atoms with Gasteiger partial charge in [0, 0.05) is 7.11 Å². The van der Waals surface area contributed by atoms with Gasteiger partial charge in [-0.05, 0) is 28.8 Å². The quantitative estimate of drug-likeness (QED) is 0.406. The third-order valence-corrected chi connectivity index (χ3v) is 6.18. The lowest BCUT2D eigenvalue weighted by Crippen LogP contribution is -2.61. The van der Waals surface area contributed by atoms with Gasteiger partial charge in [-0.1, -0.05) is 72.8 Å². The molecular formula is C29H34O7. The molecule has 1 N–H and O–H groups in total. The molecule has 0 amide bonds. The lowest BCUT2D eigenvalue weighted by atomic mass is 9.98. The van der Waals surface area contributed by atoms with E-state index in [9.17, 15) is 5.11 Å². The molecule has 1 fully saturated rings. The van der Waals surface area contributed by atoms with E-state index < -0.39 is 30.7 Å². The van der Waals surface area contributed by atoms with Gasteiger partial charge >= 0.3 is 0 Å². The zero-order valence-corrected chi connectivity index (χ0v) is 20.7. The lowest BCUT2D eigenvalue weighted by Gasteiger charge is -2.45. The molecule has 192 valence electrons. The molecule has 5 atom stereocenters. The molecule has 4 rings (SSSR count). The van der Waals surface area contributed by atoms with Gasteiger partial charge in [-0.2, -0.15) is 0 Å². The molecule has 0 aliphatic carbocycles. The smallest absolute Gasteiger partial charge is 0.186 e. The van der Waals surface area contributed by atoms with Crippen molar-refractivity contribution in [3.63, 3.8) is 0 Å². The highest BCUT2D eigenvalue weighted by molar-refractivity contribution is 5.26. The van der Waals surface area contributed by atoms with Crippen LogP contribution in [0, 0.1) is 0 Å². The SMILES string of the molecule is COc1ccc(CO[C@H]2[C@H](OCc3ccccc3)[C@@H](OCc3ccccc3)[C@@H](OC)O[C@@H]2CO)cc1. The van der Waals surface area contributed by atoms with Gasteiger partial charge in [-0.3, -0.25) is 0 Å². The molecule has 0 saturated carbocycles. The van der Waals surface area contributed by atoms with Crippen molar-refractivity contribution in [2.24, 2.45) is 0 Å². The lowest BCUT2D eigenvalue weighted by molar-refractivity contribution is -0.321. The van der Waals surface area contributed by atoms with E-state index in [1.807, 2.05) is 84.9 Å². The van der Waals surface area contributed by atoms with Gasteiger partial charge in [-0.25, -0.2) is 0 Å². The highest BCUT2D eigenvalue weighted by Gasteiger charge is 2.48. The minimum atomic E-state index is -0.729. The van der Waals surface area contributed by atoms with Gasteiger partial charge < -0.3 is 33.5 Å². The summed E-state index contributed by atoms with van der Waals surface area (Å²) >= 11 is 0. The average molecular weight is 495 g/mol. The zero-order chi connectivity index (χ0) is 25.2. The second-order valence-corrected chi connectivity index (χ2v) is 8.61. The molecule has 36 heavy (non-hydrogen) atoms. The summed E-state index contributed by atoms with van der Waals surface area (Å²) in [6, 6.07) is 27.5. The summed E-state index contributed by atoms with van der Waals surface area (Å²) < 4.78 is 36.1. The van der Waals surface area contributed by atoms with Crippen molar-refractivity contribution in [2.75, 3.05) is 20.8 Å². The summed E-state index contributed by atoms with van der Waals surface area (Å²) in [4.78, 5) is 0. The summed E-state index contributed by atoms with van der Waals surface area (Å²) in [5.41, 5.74) is 3.01. The zero-order valence-electron chi connectivity index (χ0n) is 20.7. The Labute approximate surface area is 212 Å². The van der Waals surface area contributed by atoms with Crippen LogP contribution in [0.15, 0.2) is 84.9 Å². The van der Waals surface area contributed by atoms with Crippen LogP contribution in [0.3, 0.4) is 0 Å². The molecule has 0 radical (unpaired) electrons. The van der Waals surface area contributed by atoms with Crippen molar-refractivity contribution in [2.45, 2.75) is 50.5 Å². The predicted octanol–water partition coefficient (Wildman–Crippen LogP) is 4.11. The maximum atomic E-state index is 10.2. The van der Waals surface area contributed by atoms with Crippen molar-refractivity contribution in [3.8, 4) is 5.75 Å². The van der Waals surface area contributed by atoms with Gasteiger partial charge in [0.2, 0.25) is 0 Å². The number of hydrogen-bond acceptors (Lipinski definition) is 7. The fourth-order valence-corrected chi connectivity index (χ4v) is 4.23. The van der Waals surface area contributed by atoms with Crippen molar-refractivity contribution in [3.05, 3.63) is 102 Å². The van der Waals surface area contributed by atoms with Gasteiger partial charge in [0.05, 0.1) is 33.5 Å². The van der Waals surface area contributed by atoms with E-state index in [1.54, 1.807) is 14.2 Å². The van der Waals surface area contributed by atoms with Crippen LogP contribution in [-0.4, -0.2) is 56.6 Å². The normalized spacial score (nSPS) is 23.9. The number of hydrogen-bond donors (Lipinski definition) is 1. The summed E-state index contributed by atoms with van der Waals surface area (Å²) in [6.45, 7) is 0.773. The van der Waals surface area contributed by atoms with Crippen LogP contribution in [-0.2, 0) is 43.5 Å². The van der Waals surface area contributed by atoms with Crippen molar-refractivity contribution >= 4 is 0 Å². The third-order valence-electron chi connectivity index (χ3n) is 6.18. The first-order valence-electron chi connectivity index (χ1n) is 12.1. The molecule has 1 aliphatic rings. The maximum absolute atomic E-state index is 10.2. The standard InChI is InChI=1S/C29H34O7/c1-31-24-15-13-23(14-16-24)20-33-26-25(17-30)36-29(32-2)28(35-19-22-11-7-4-8-12-22)27(26)34-18-21-9-5-3-6-10-21/h3-16,25-30H,17-20H2,1-2H3/t25-,26-,27+,28-,29+/m1/s1. The highest BCUT2D eigenvalue weighted by Crippen LogP contribution is 2.31. The number of aliphatic hydroxyl groups excluding tert-OH is 1. The Morgan fingerprint density at radius 1 is 0.639 bits per heavy atom. The van der Waals surface area contributed by atoms with Crippen LogP contribution >= 0.6 is 0 Å². The third kappa shape index (κ3) is 6.91. The Hall–Kier alpha value is -2.78. The monoisotopic (exact) mass is 494 g/mol. The summed E-state index contributed by atoms with van der Waals surface area (Å²) in [6.07, 6.45) is -3.10. The molecule has 1 saturated heterocycles. The molecule has 3 aromatic carbocycles. The minimum absolute atomic E-state index is 0.246. The van der Waals surface area contributed by atoms with Crippen LogP contribution in [0.2, 0.25) is 0 Å². The number of rotatable bonds is 12. The predicted molar refractivity (Wildman–Crippen MR) is 134 cm³/mol. The molecule has 0 aromatic heterocycles. The summed E-state index contributed by atoms with van der Waals surface area (Å²) in [7, 11) is 3.19. The van der Waals surface area contributed by atoms with E-state index in [1.165, 1.54) is 0 Å². The van der Waals surface area contributed by atoms with Gasteiger partial charge in [0.15, 0.2) is 6.29 Å². The molecule has 7 heteroatoms. The van der Waals surface area contributed by atoms with E-state index in [-0.39, 0.29) is 6.61 Å². The summed E-state index contributed by atoms with van der Waals surface area (Å²) in [5.74, 6) is 0.773. The van der Waals surface area contributed by atoms with Crippen LogP contribution < -0.4 is 4.74 Å². The average Bonchev–Trinajstić information content (AvgIpc) is 2.95. The Balaban J connectivity index is 1.55. The van der Waals surface area contributed by atoms with E-state index in [0.717, 1.165) is 22.4 Å². The second-order valence-electron chi connectivity index (χ2n) is 8.61. The topological polar surface area (TPSA) is 75.6 Å². The van der Waals surface area contributed by atoms with Crippen LogP contribution in [0.5, 0.6) is 5.75 Å².